The normalized spacial score (nSPS) is 12.8. The van der Waals surface area contributed by atoms with Gasteiger partial charge in [-0.05, 0) is 94.6 Å². The number of rotatable bonds is 9. The minimum Gasteiger partial charge on any atom is -0.309 e. The maximum atomic E-state index is 2.60. The Morgan fingerprint density at radius 2 is 0.724 bits per heavy atom. The van der Waals surface area contributed by atoms with E-state index >= 15 is 0 Å². The van der Waals surface area contributed by atoms with Crippen LogP contribution in [-0.2, 0) is 0 Å². The average Bonchev–Trinajstić information content (AvgIpc) is 4.31. The van der Waals surface area contributed by atoms with Gasteiger partial charge in [-0.2, -0.15) is 0 Å². The van der Waals surface area contributed by atoms with Gasteiger partial charge in [-0.1, -0.05) is 267 Å². The average molecular weight is 999 g/mol. The zero-order valence-corrected chi connectivity index (χ0v) is 43.8. The van der Waals surface area contributed by atoms with Crippen LogP contribution in [0.2, 0.25) is 0 Å². The molecule has 0 radical (unpaired) electrons. The second kappa shape index (κ2) is 17.7. The predicted octanol–water partition coefficient (Wildman–Crippen LogP) is 12.3. The number of fused-ring (bicyclic) bond motifs is 9. The molecule has 0 bridgehead atoms. The van der Waals surface area contributed by atoms with Gasteiger partial charge in [-0.15, -0.1) is 0 Å². The Balaban J connectivity index is 1.01. The molecule has 2 aromatic heterocycles. The lowest BCUT2D eigenvalue weighted by atomic mass is 9.97. The molecule has 76 heavy (non-hydrogen) atoms. The van der Waals surface area contributed by atoms with Gasteiger partial charge in [0.05, 0.1) is 27.8 Å². The number of hydrogen-bond donors (Lipinski definition) is 0. The van der Waals surface area contributed by atoms with E-state index in [4.69, 9.17) is 0 Å². The van der Waals surface area contributed by atoms with E-state index in [1.165, 1.54) is 107 Å². The molecule has 15 rings (SSSR count). The first-order valence-corrected chi connectivity index (χ1v) is 30.4. The summed E-state index contributed by atoms with van der Waals surface area (Å²) in [6.45, 7) is 0. The number of hydrogen-bond acceptors (Lipinski definition) is 0. The zero-order chi connectivity index (χ0) is 50.2. The first-order chi connectivity index (χ1) is 37.8. The summed E-state index contributed by atoms with van der Waals surface area (Å²) < 4.78 is 5.12. The smallest absolute Gasteiger partial charge is 0.181 e. The molecule has 12 aromatic carbocycles. The number of nitrogens with zero attached hydrogens (tertiary/aromatic N) is 2. The molecule has 356 valence electrons. The topological polar surface area (TPSA) is 9.86 Å². The Hall–Kier alpha value is -9.33. The Kier molecular flexibility index (Phi) is 10.3. The maximum Gasteiger partial charge on any atom is 0.181 e. The second-order valence-electron chi connectivity index (χ2n) is 20.2. The van der Waals surface area contributed by atoms with Crippen molar-refractivity contribution in [2.24, 2.45) is 0 Å². The summed E-state index contributed by atoms with van der Waals surface area (Å²) in [6, 6.07) is 114. The molecule has 0 saturated carbocycles. The Bertz CT molecular complexity index is 4370. The number of benzene rings is 12. The van der Waals surface area contributed by atoms with Gasteiger partial charge < -0.3 is 9.13 Å². The lowest BCUT2D eigenvalue weighted by Crippen LogP contribution is -2.74. The van der Waals surface area contributed by atoms with E-state index in [-0.39, 0.29) is 0 Å². The van der Waals surface area contributed by atoms with Gasteiger partial charge in [0.1, 0.15) is 0 Å². The van der Waals surface area contributed by atoms with Crippen LogP contribution in [0.5, 0.6) is 0 Å². The fourth-order valence-electron chi connectivity index (χ4n) is 13.6. The third kappa shape index (κ3) is 6.32. The third-order valence-electron chi connectivity index (χ3n) is 16.5. The fourth-order valence-corrected chi connectivity index (χ4v) is 23.8. The van der Waals surface area contributed by atoms with Crippen molar-refractivity contribution in [3.8, 4) is 33.6 Å². The fraction of sp³-hybridized carbons (Fsp3) is 0. The largest absolute Gasteiger partial charge is 0.309 e. The summed E-state index contributed by atoms with van der Waals surface area (Å²) in [4.78, 5) is 0. The van der Waals surface area contributed by atoms with Crippen LogP contribution in [-0.4, -0.2) is 25.3 Å². The van der Waals surface area contributed by atoms with Crippen LogP contribution in [0.25, 0.3) is 77.2 Å². The van der Waals surface area contributed by atoms with Crippen LogP contribution in [0.1, 0.15) is 0 Å². The Morgan fingerprint density at radius 1 is 0.289 bits per heavy atom. The second-order valence-corrected chi connectivity index (χ2v) is 27.7. The van der Waals surface area contributed by atoms with E-state index < -0.39 is 16.1 Å². The van der Waals surface area contributed by atoms with E-state index in [9.17, 15) is 0 Å². The molecule has 0 spiro atoms. The first-order valence-electron chi connectivity index (χ1n) is 26.4. The van der Waals surface area contributed by atoms with Crippen molar-refractivity contribution in [1.82, 2.24) is 9.13 Å². The van der Waals surface area contributed by atoms with E-state index in [0.29, 0.717) is 0 Å². The van der Waals surface area contributed by atoms with Crippen molar-refractivity contribution in [3.05, 3.63) is 303 Å². The molecule has 0 N–H and O–H groups in total. The summed E-state index contributed by atoms with van der Waals surface area (Å²) in [5, 5.41) is 16.0. The first kappa shape index (κ1) is 44.2. The monoisotopic (exact) mass is 998 g/mol. The number of para-hydroxylation sites is 3. The van der Waals surface area contributed by atoms with Gasteiger partial charge in [-0.25, -0.2) is 0 Å². The highest BCUT2D eigenvalue weighted by Gasteiger charge is 2.50. The van der Waals surface area contributed by atoms with E-state index in [0.717, 1.165) is 11.4 Å². The van der Waals surface area contributed by atoms with Crippen molar-refractivity contribution in [2.45, 2.75) is 0 Å². The Morgan fingerprint density at radius 3 is 1.37 bits per heavy atom. The summed E-state index contributed by atoms with van der Waals surface area (Å²) >= 11 is 0. The molecular weight excluding hydrogens is 949 g/mol. The minimum absolute atomic E-state index is 1.14. The molecule has 0 atom stereocenters. The predicted molar refractivity (Wildman–Crippen MR) is 327 cm³/mol. The van der Waals surface area contributed by atoms with Gasteiger partial charge in [0.15, 0.2) is 16.1 Å². The van der Waals surface area contributed by atoms with Gasteiger partial charge in [-0.3, -0.25) is 0 Å². The van der Waals surface area contributed by atoms with Crippen LogP contribution in [0.4, 0.5) is 0 Å². The van der Waals surface area contributed by atoms with Crippen molar-refractivity contribution in [1.29, 1.82) is 0 Å². The van der Waals surface area contributed by atoms with Crippen molar-refractivity contribution >= 4 is 101 Å². The van der Waals surface area contributed by atoms with Crippen molar-refractivity contribution in [3.63, 3.8) is 0 Å². The minimum atomic E-state index is -2.88. The van der Waals surface area contributed by atoms with Gasteiger partial charge in [0, 0.05) is 32.8 Å². The molecule has 0 amide bonds. The molecular formula is C72H50N2Si2. The van der Waals surface area contributed by atoms with Crippen LogP contribution >= 0.6 is 0 Å². The maximum absolute atomic E-state index is 2.88. The SMILES string of the molecule is c1ccc([Si](c2ccccc2)(c2ccccc2)c2cccc(-n3c4ccccc4c4c(-n5c6ccccc6c6cccc(-c7cccc8c7[Si](c7ccccc7)(c7ccccc7)c7ccccc7-8)c65)cccc43)c2)cc1. The summed E-state index contributed by atoms with van der Waals surface area (Å²) in [6.07, 6.45) is 0. The lowest BCUT2D eigenvalue weighted by Gasteiger charge is -2.34. The Labute approximate surface area is 444 Å². The van der Waals surface area contributed by atoms with E-state index in [1.807, 2.05) is 0 Å². The van der Waals surface area contributed by atoms with Gasteiger partial charge in [0.25, 0.3) is 0 Å². The molecule has 0 fully saturated rings. The molecule has 3 heterocycles. The highest BCUT2D eigenvalue weighted by Crippen LogP contribution is 2.44. The lowest BCUT2D eigenvalue weighted by molar-refractivity contribution is 1.17. The summed E-state index contributed by atoms with van der Waals surface area (Å²) in [5.41, 5.74) is 12.2. The molecule has 0 unspecified atom stereocenters. The highest BCUT2D eigenvalue weighted by atomic mass is 28.3. The standard InChI is InChI=1S/C72H50N2Si2/c1-6-27-52(28-7-1)75(53-29-8-2-9-30-53,54-31-10-3-11-32-54)57-37-22-26-51(50-57)73-66-46-20-17-40-64(66)70-67(73)47-25-48-68(70)74-65-45-19-16-38-58(65)60-41-23-42-61(71(60)74)63-44-24-43-62-59-39-18-21-49-69(59)76(72(62)63,55-33-12-4-13-34-55)56-35-14-5-15-36-56/h1-50H. The summed E-state index contributed by atoms with van der Waals surface area (Å²) in [5.74, 6) is 0. The van der Waals surface area contributed by atoms with Crippen LogP contribution in [0.15, 0.2) is 303 Å². The number of aromatic nitrogens is 2. The summed E-state index contributed by atoms with van der Waals surface area (Å²) in [7, 11) is -5.71. The molecule has 0 aliphatic carbocycles. The molecule has 1 aliphatic rings. The molecule has 0 saturated heterocycles. The van der Waals surface area contributed by atoms with Crippen molar-refractivity contribution in [2.75, 3.05) is 0 Å². The van der Waals surface area contributed by atoms with Crippen LogP contribution < -0.4 is 41.5 Å². The molecule has 1 aliphatic heterocycles. The van der Waals surface area contributed by atoms with Crippen LogP contribution in [0, 0.1) is 0 Å². The zero-order valence-electron chi connectivity index (χ0n) is 41.8. The van der Waals surface area contributed by atoms with Crippen LogP contribution in [0.3, 0.4) is 0 Å². The van der Waals surface area contributed by atoms with Gasteiger partial charge >= 0.3 is 0 Å². The highest BCUT2D eigenvalue weighted by molar-refractivity contribution is 7.23. The molecule has 4 heteroatoms. The van der Waals surface area contributed by atoms with Gasteiger partial charge in [0.2, 0.25) is 0 Å². The third-order valence-corrected chi connectivity index (χ3v) is 26.2. The van der Waals surface area contributed by atoms with E-state index in [2.05, 4.69) is 312 Å². The van der Waals surface area contributed by atoms with Crippen molar-refractivity contribution < 1.29 is 0 Å². The van der Waals surface area contributed by atoms with E-state index in [1.54, 1.807) is 0 Å². The quantitative estimate of drug-likeness (QED) is 0.101. The molecule has 2 nitrogen and oxygen atoms in total. The molecule has 14 aromatic rings.